The number of carbonyl (C=O) groups is 2. The molecule has 9 nitrogen and oxygen atoms in total. The molecular formula is C41H78NO8P. The van der Waals surface area contributed by atoms with Crippen LogP contribution in [0, 0.1) is 0 Å². The fourth-order valence-corrected chi connectivity index (χ4v) is 6.85. The van der Waals surface area contributed by atoms with Gasteiger partial charge in [-0.3, -0.25) is 18.6 Å². The maximum atomic E-state index is 13.3. The molecule has 51 heavy (non-hydrogen) atoms. The van der Waals surface area contributed by atoms with Crippen LogP contribution >= 0.6 is 7.82 Å². The third-order valence-corrected chi connectivity index (χ3v) is 10.4. The molecule has 0 saturated heterocycles. The van der Waals surface area contributed by atoms with Crippen molar-refractivity contribution >= 4 is 19.4 Å². The van der Waals surface area contributed by atoms with Gasteiger partial charge in [0.2, 0.25) is 5.60 Å². The van der Waals surface area contributed by atoms with Crippen molar-refractivity contribution in [3.05, 3.63) is 24.3 Å². The first-order valence-electron chi connectivity index (χ1n) is 20.7. The molecule has 300 valence electrons. The van der Waals surface area contributed by atoms with Crippen molar-refractivity contribution in [1.29, 1.82) is 0 Å². The molecular weight excluding hydrogens is 665 g/mol. The van der Waals surface area contributed by atoms with E-state index in [1.54, 1.807) is 0 Å². The molecule has 0 radical (unpaired) electrons. The maximum absolute atomic E-state index is 13.3. The van der Waals surface area contributed by atoms with E-state index in [1.165, 1.54) is 77.0 Å². The molecule has 0 fully saturated rings. The number of carbonyl (C=O) groups excluding carboxylic acids is 2. The van der Waals surface area contributed by atoms with Gasteiger partial charge < -0.3 is 20.8 Å². The highest BCUT2D eigenvalue weighted by molar-refractivity contribution is 7.47. The number of Topliss-reactive ketones (excluding diaryl/α,β-unsaturated/α-hetero) is 2. The summed E-state index contributed by atoms with van der Waals surface area (Å²) < 4.78 is 21.6. The number of hydrogen-bond donors (Lipinski definition) is 4. The van der Waals surface area contributed by atoms with Gasteiger partial charge in [0.1, 0.15) is 6.10 Å². The van der Waals surface area contributed by atoms with Crippen molar-refractivity contribution in [2.45, 2.75) is 205 Å². The van der Waals surface area contributed by atoms with Crippen molar-refractivity contribution in [1.82, 2.24) is 0 Å². The third-order valence-electron chi connectivity index (χ3n) is 9.43. The molecule has 10 heteroatoms. The number of phosphoric acid groups is 1. The molecule has 0 aromatic heterocycles. The van der Waals surface area contributed by atoms with Gasteiger partial charge in [-0.05, 0) is 64.2 Å². The summed E-state index contributed by atoms with van der Waals surface area (Å²) >= 11 is 0. The zero-order valence-corrected chi connectivity index (χ0v) is 33.6. The predicted molar refractivity (Wildman–Crippen MR) is 211 cm³/mol. The fraction of sp³-hybridized carbons (Fsp3) is 0.854. The fourth-order valence-electron chi connectivity index (χ4n) is 6.11. The van der Waals surface area contributed by atoms with Crippen LogP contribution in [0.25, 0.3) is 0 Å². The van der Waals surface area contributed by atoms with Gasteiger partial charge in [-0.1, -0.05) is 141 Å². The number of unbranched alkanes of at least 4 members (excludes halogenated alkanes) is 22. The van der Waals surface area contributed by atoms with Crippen LogP contribution in [0.1, 0.15) is 194 Å². The van der Waals surface area contributed by atoms with Crippen molar-refractivity contribution in [3.63, 3.8) is 0 Å². The minimum atomic E-state index is -4.58. The highest BCUT2D eigenvalue weighted by Gasteiger charge is 2.49. The molecule has 0 aromatic carbocycles. The molecule has 0 heterocycles. The van der Waals surface area contributed by atoms with Crippen LogP contribution in [0.2, 0.25) is 0 Å². The first-order valence-corrected chi connectivity index (χ1v) is 22.2. The Morgan fingerprint density at radius 2 is 0.941 bits per heavy atom. The molecule has 0 amide bonds. The van der Waals surface area contributed by atoms with Crippen molar-refractivity contribution < 1.29 is 38.3 Å². The Balaban J connectivity index is 4.62. The quantitative estimate of drug-likeness (QED) is 0.0208. The molecule has 0 saturated carbocycles. The van der Waals surface area contributed by atoms with E-state index in [1.807, 2.05) is 0 Å². The Morgan fingerprint density at radius 3 is 1.29 bits per heavy atom. The Morgan fingerprint density at radius 1 is 0.608 bits per heavy atom. The number of aliphatic hydroxyl groups excluding tert-OH is 1. The first kappa shape index (κ1) is 49.8. The van der Waals surface area contributed by atoms with E-state index < -0.39 is 37.7 Å². The van der Waals surface area contributed by atoms with Gasteiger partial charge in [0.05, 0.1) is 13.2 Å². The molecule has 0 aliphatic carbocycles. The van der Waals surface area contributed by atoms with Crippen LogP contribution in [-0.4, -0.2) is 58.1 Å². The lowest BCUT2D eigenvalue weighted by atomic mass is 9.82. The smallest absolute Gasteiger partial charge is 0.387 e. The summed E-state index contributed by atoms with van der Waals surface area (Å²) in [6.07, 6.45) is 35.4. The van der Waals surface area contributed by atoms with E-state index in [9.17, 15) is 29.3 Å². The lowest BCUT2D eigenvalue weighted by Gasteiger charge is -2.30. The summed E-state index contributed by atoms with van der Waals surface area (Å²) in [5, 5.41) is 22.2. The molecule has 0 bridgehead atoms. The SMILES string of the molecule is CCCCCCCC/C=C\CCCCCCCC(=O)C(O)(C(=O)CCCCCCC/C=C\CCCCCCCC)[C@@H](O)COP(=O)(O)OCCN. The van der Waals surface area contributed by atoms with Crippen molar-refractivity contribution in [2.75, 3.05) is 19.8 Å². The van der Waals surface area contributed by atoms with Crippen LogP contribution in [0.15, 0.2) is 24.3 Å². The minimum Gasteiger partial charge on any atom is -0.387 e. The Hall–Kier alpha value is -1.19. The molecule has 1 unspecified atom stereocenters. The molecule has 0 spiro atoms. The van der Waals surface area contributed by atoms with E-state index >= 15 is 0 Å². The maximum Gasteiger partial charge on any atom is 0.472 e. The summed E-state index contributed by atoms with van der Waals surface area (Å²) in [6, 6.07) is 0. The summed E-state index contributed by atoms with van der Waals surface area (Å²) in [6.45, 7) is 3.28. The molecule has 5 N–H and O–H groups in total. The van der Waals surface area contributed by atoms with Crippen LogP contribution in [0.4, 0.5) is 0 Å². The van der Waals surface area contributed by atoms with Crippen LogP contribution in [0.3, 0.4) is 0 Å². The van der Waals surface area contributed by atoms with E-state index in [0.717, 1.165) is 77.0 Å². The normalized spacial score (nSPS) is 14.1. The number of nitrogens with two attached hydrogens (primary N) is 1. The Labute approximate surface area is 312 Å². The van der Waals surface area contributed by atoms with Gasteiger partial charge in [-0.25, -0.2) is 4.57 Å². The van der Waals surface area contributed by atoms with E-state index in [2.05, 4.69) is 42.7 Å². The first-order chi connectivity index (χ1) is 24.7. The molecule has 0 rings (SSSR count). The van der Waals surface area contributed by atoms with Gasteiger partial charge in [-0.2, -0.15) is 0 Å². The lowest BCUT2D eigenvalue weighted by Crippen LogP contribution is -2.57. The number of phosphoric ester groups is 1. The predicted octanol–water partition coefficient (Wildman–Crippen LogP) is 10.4. The summed E-state index contributed by atoms with van der Waals surface area (Å²) in [5.74, 6) is -1.57. The van der Waals surface area contributed by atoms with Crippen molar-refractivity contribution in [3.8, 4) is 0 Å². The topological polar surface area (TPSA) is 156 Å². The zero-order chi connectivity index (χ0) is 37.9. The molecule has 0 aliphatic heterocycles. The lowest BCUT2D eigenvalue weighted by molar-refractivity contribution is -0.166. The van der Waals surface area contributed by atoms with Crippen molar-refractivity contribution in [2.24, 2.45) is 5.73 Å². The monoisotopic (exact) mass is 744 g/mol. The number of aliphatic hydroxyl groups is 2. The Kier molecular flexibility index (Phi) is 33.8. The van der Waals surface area contributed by atoms with Crippen LogP contribution < -0.4 is 5.73 Å². The van der Waals surface area contributed by atoms with Gasteiger partial charge in [-0.15, -0.1) is 0 Å². The molecule has 2 atom stereocenters. The third kappa shape index (κ3) is 28.0. The summed E-state index contributed by atoms with van der Waals surface area (Å²) in [7, 11) is -4.58. The van der Waals surface area contributed by atoms with Crippen LogP contribution in [0.5, 0.6) is 0 Å². The summed E-state index contributed by atoms with van der Waals surface area (Å²) in [5.41, 5.74) is 2.59. The van der Waals surface area contributed by atoms with E-state index in [-0.39, 0.29) is 26.0 Å². The average molecular weight is 744 g/mol. The minimum absolute atomic E-state index is 0.0245. The second kappa shape index (κ2) is 34.6. The second-order valence-electron chi connectivity index (χ2n) is 14.2. The zero-order valence-electron chi connectivity index (χ0n) is 32.7. The van der Waals surface area contributed by atoms with Crippen LogP contribution in [-0.2, 0) is 23.2 Å². The number of allylic oxidation sites excluding steroid dienone is 4. The number of rotatable bonds is 39. The van der Waals surface area contributed by atoms with Gasteiger partial charge in [0, 0.05) is 19.4 Å². The van der Waals surface area contributed by atoms with E-state index in [4.69, 9.17) is 10.3 Å². The highest BCUT2D eigenvalue weighted by atomic mass is 31.2. The van der Waals surface area contributed by atoms with Gasteiger partial charge >= 0.3 is 7.82 Å². The average Bonchev–Trinajstić information content (AvgIpc) is 3.12. The standard InChI is InChI=1S/C41H78NO8P/c1-3-5-7-9-11-13-15-17-19-21-23-25-27-29-31-33-38(43)41(46,40(45)37-50-51(47,48)49-36-35-42)39(44)34-32-30-28-26-24-22-20-18-16-14-12-10-8-6-4-2/h17-20,40,45-46H,3-16,21-37,42H2,1-2H3,(H,47,48)/b19-17-,20-18-/t40-/m0/s1. The molecule has 0 aliphatic rings. The number of ketones is 2. The summed E-state index contributed by atoms with van der Waals surface area (Å²) in [4.78, 5) is 36.3. The largest absolute Gasteiger partial charge is 0.472 e. The Bertz CT molecular complexity index is 889. The second-order valence-corrected chi connectivity index (χ2v) is 15.6. The van der Waals surface area contributed by atoms with Gasteiger partial charge in [0.25, 0.3) is 0 Å². The number of hydrogen-bond acceptors (Lipinski definition) is 8. The molecule has 0 aromatic rings. The van der Waals surface area contributed by atoms with E-state index in [0.29, 0.717) is 12.8 Å². The van der Waals surface area contributed by atoms with Gasteiger partial charge in [0.15, 0.2) is 11.6 Å². The highest BCUT2D eigenvalue weighted by Crippen LogP contribution is 2.43.